The van der Waals surface area contributed by atoms with Crippen LogP contribution < -0.4 is 5.73 Å². The van der Waals surface area contributed by atoms with Gasteiger partial charge in [0.1, 0.15) is 11.8 Å². The van der Waals surface area contributed by atoms with Gasteiger partial charge in [-0.25, -0.2) is 15.0 Å². The van der Waals surface area contributed by atoms with Crippen LogP contribution in [-0.4, -0.2) is 34.5 Å². The first-order chi connectivity index (χ1) is 9.24. The Bertz CT molecular complexity index is 901. The Balaban J connectivity index is 2.08. The number of rotatable bonds is 1. The van der Waals surface area contributed by atoms with Crippen LogP contribution in [0.1, 0.15) is 5.69 Å². The summed E-state index contributed by atoms with van der Waals surface area (Å²) in [6.45, 7) is 1.89. The zero-order chi connectivity index (χ0) is 13.0. The number of aryl methyl sites for hydroxylation is 1. The fourth-order valence-corrected chi connectivity index (χ4v) is 2.83. The molecule has 4 aromatic rings. The summed E-state index contributed by atoms with van der Waals surface area (Å²) in [5.41, 5.74) is 8.62. The standard InChI is InChI=1S/C10H8N8S/c1-4-6(19-10(11)15-4)9-17-16-8-5-7(13-2-12-5)14-3-18(8)9/h2-3H,1H3,(H2,11,15)(H,12,13). The largest absolute Gasteiger partial charge is 0.375 e. The molecule has 0 saturated heterocycles. The predicted octanol–water partition coefficient (Wildman–Crippen LogP) is 1.01. The van der Waals surface area contributed by atoms with E-state index in [-0.39, 0.29) is 0 Å². The van der Waals surface area contributed by atoms with Gasteiger partial charge in [0, 0.05) is 0 Å². The van der Waals surface area contributed by atoms with Crippen LogP contribution in [0.3, 0.4) is 0 Å². The summed E-state index contributed by atoms with van der Waals surface area (Å²) in [5, 5.41) is 8.91. The van der Waals surface area contributed by atoms with Crippen LogP contribution in [0.25, 0.3) is 27.5 Å². The van der Waals surface area contributed by atoms with Crippen molar-refractivity contribution < 1.29 is 0 Å². The molecular weight excluding hydrogens is 264 g/mol. The lowest BCUT2D eigenvalue weighted by Gasteiger charge is -1.97. The number of nitrogen functional groups attached to an aromatic ring is 1. The molecule has 9 heteroatoms. The Kier molecular flexibility index (Phi) is 1.90. The van der Waals surface area contributed by atoms with E-state index in [4.69, 9.17) is 5.73 Å². The van der Waals surface area contributed by atoms with Crippen molar-refractivity contribution in [3.63, 3.8) is 0 Å². The highest BCUT2D eigenvalue weighted by atomic mass is 32.1. The van der Waals surface area contributed by atoms with E-state index in [1.54, 1.807) is 17.1 Å². The summed E-state index contributed by atoms with van der Waals surface area (Å²) in [7, 11) is 0. The van der Waals surface area contributed by atoms with Crippen LogP contribution in [0.15, 0.2) is 12.7 Å². The number of aromatic amines is 1. The molecule has 4 heterocycles. The van der Waals surface area contributed by atoms with Gasteiger partial charge in [-0.05, 0) is 6.92 Å². The first kappa shape index (κ1) is 10.4. The lowest BCUT2D eigenvalue weighted by molar-refractivity contribution is 1.09. The summed E-state index contributed by atoms with van der Waals surface area (Å²) in [6.07, 6.45) is 3.24. The molecule has 8 nitrogen and oxygen atoms in total. The molecule has 0 aliphatic rings. The molecule has 0 unspecified atom stereocenters. The second-order valence-corrected chi connectivity index (χ2v) is 5.06. The van der Waals surface area contributed by atoms with Crippen molar-refractivity contribution in [2.75, 3.05) is 5.73 Å². The second-order valence-electron chi connectivity index (χ2n) is 4.03. The number of nitrogens with zero attached hydrogens (tertiary/aromatic N) is 6. The minimum Gasteiger partial charge on any atom is -0.375 e. The number of anilines is 1. The number of aromatic nitrogens is 7. The third kappa shape index (κ3) is 1.35. The van der Waals surface area contributed by atoms with Gasteiger partial charge in [-0.3, -0.25) is 4.40 Å². The highest BCUT2D eigenvalue weighted by Crippen LogP contribution is 2.30. The average molecular weight is 272 g/mol. The number of thiazole rings is 1. The number of hydrogen-bond acceptors (Lipinski definition) is 7. The zero-order valence-electron chi connectivity index (χ0n) is 9.82. The first-order valence-electron chi connectivity index (χ1n) is 5.50. The SMILES string of the molecule is Cc1nc(N)sc1-c1nnc2c3[nH]cnc3ncn12. The Hall–Kier alpha value is -2.55. The Morgan fingerprint density at radius 2 is 2.21 bits per heavy atom. The molecule has 4 aromatic heterocycles. The summed E-state index contributed by atoms with van der Waals surface area (Å²) >= 11 is 1.38. The molecule has 19 heavy (non-hydrogen) atoms. The summed E-state index contributed by atoms with van der Waals surface area (Å²) in [6, 6.07) is 0. The highest BCUT2D eigenvalue weighted by molar-refractivity contribution is 7.18. The Morgan fingerprint density at radius 1 is 1.32 bits per heavy atom. The van der Waals surface area contributed by atoms with E-state index in [0.717, 1.165) is 16.1 Å². The first-order valence-corrected chi connectivity index (χ1v) is 6.32. The maximum absolute atomic E-state index is 5.72. The molecule has 94 valence electrons. The fourth-order valence-electron chi connectivity index (χ4n) is 2.01. The van der Waals surface area contributed by atoms with Crippen LogP contribution in [0, 0.1) is 6.92 Å². The summed E-state index contributed by atoms with van der Waals surface area (Å²) in [4.78, 5) is 16.5. The quantitative estimate of drug-likeness (QED) is 0.535. The zero-order valence-corrected chi connectivity index (χ0v) is 10.6. The molecule has 0 aliphatic carbocycles. The molecule has 0 aliphatic heterocycles. The van der Waals surface area contributed by atoms with Gasteiger partial charge in [0.2, 0.25) is 0 Å². The molecule has 0 fully saturated rings. The average Bonchev–Trinajstić information content (AvgIpc) is 3.05. The van der Waals surface area contributed by atoms with E-state index in [1.807, 2.05) is 6.92 Å². The number of H-pyrrole nitrogens is 1. The molecule has 4 rings (SSSR count). The lowest BCUT2D eigenvalue weighted by atomic mass is 10.4. The Labute approximate surface area is 110 Å². The molecule has 0 bridgehead atoms. The van der Waals surface area contributed by atoms with Crippen LogP contribution in [-0.2, 0) is 0 Å². The smallest absolute Gasteiger partial charge is 0.190 e. The third-order valence-electron chi connectivity index (χ3n) is 2.85. The van der Waals surface area contributed by atoms with Crippen molar-refractivity contribution in [1.82, 2.24) is 34.5 Å². The van der Waals surface area contributed by atoms with Crippen molar-refractivity contribution in [3.05, 3.63) is 18.3 Å². The van der Waals surface area contributed by atoms with Crippen molar-refractivity contribution >= 4 is 33.3 Å². The molecule has 0 spiro atoms. The second kappa shape index (κ2) is 3.48. The van der Waals surface area contributed by atoms with Crippen LogP contribution >= 0.6 is 11.3 Å². The van der Waals surface area contributed by atoms with E-state index in [2.05, 4.69) is 30.1 Å². The maximum atomic E-state index is 5.72. The molecular formula is C10H8N8S. The topological polar surface area (TPSA) is 111 Å². The monoisotopic (exact) mass is 272 g/mol. The molecule has 0 amide bonds. The van der Waals surface area contributed by atoms with Crippen molar-refractivity contribution in [1.29, 1.82) is 0 Å². The van der Waals surface area contributed by atoms with Gasteiger partial charge < -0.3 is 10.7 Å². The van der Waals surface area contributed by atoms with Crippen LogP contribution in [0.5, 0.6) is 0 Å². The van der Waals surface area contributed by atoms with Gasteiger partial charge in [0.25, 0.3) is 0 Å². The minimum atomic E-state index is 0.514. The van der Waals surface area contributed by atoms with Crippen molar-refractivity contribution in [2.45, 2.75) is 6.92 Å². The van der Waals surface area contributed by atoms with Gasteiger partial charge in [0.05, 0.1) is 16.9 Å². The number of imidazole rings is 1. The number of fused-ring (bicyclic) bond motifs is 3. The predicted molar refractivity (Wildman–Crippen MR) is 70.7 cm³/mol. The van der Waals surface area contributed by atoms with E-state index in [9.17, 15) is 0 Å². The van der Waals surface area contributed by atoms with E-state index >= 15 is 0 Å². The number of nitrogens with one attached hydrogen (secondary N) is 1. The molecule has 0 saturated carbocycles. The normalized spacial score (nSPS) is 11.6. The minimum absolute atomic E-state index is 0.514. The molecule has 0 radical (unpaired) electrons. The van der Waals surface area contributed by atoms with Gasteiger partial charge in [-0.1, -0.05) is 11.3 Å². The highest BCUT2D eigenvalue weighted by Gasteiger charge is 2.17. The summed E-state index contributed by atoms with van der Waals surface area (Å²) in [5.74, 6) is 0.686. The maximum Gasteiger partial charge on any atom is 0.190 e. The molecule has 0 aromatic carbocycles. The van der Waals surface area contributed by atoms with Gasteiger partial charge in [-0.15, -0.1) is 10.2 Å². The van der Waals surface area contributed by atoms with Gasteiger partial charge >= 0.3 is 0 Å². The van der Waals surface area contributed by atoms with Gasteiger partial charge in [0.15, 0.2) is 22.3 Å². The van der Waals surface area contributed by atoms with Crippen LogP contribution in [0.2, 0.25) is 0 Å². The van der Waals surface area contributed by atoms with E-state index < -0.39 is 0 Å². The van der Waals surface area contributed by atoms with Crippen LogP contribution in [0.4, 0.5) is 5.13 Å². The fraction of sp³-hybridized carbons (Fsp3) is 0.100. The van der Waals surface area contributed by atoms with E-state index in [1.165, 1.54) is 11.3 Å². The number of hydrogen-bond donors (Lipinski definition) is 2. The third-order valence-corrected chi connectivity index (χ3v) is 3.83. The van der Waals surface area contributed by atoms with E-state index in [0.29, 0.717) is 22.3 Å². The summed E-state index contributed by atoms with van der Waals surface area (Å²) < 4.78 is 1.81. The van der Waals surface area contributed by atoms with Crippen molar-refractivity contribution in [3.8, 4) is 10.7 Å². The molecule has 0 atom stereocenters. The number of nitrogens with two attached hydrogens (primary N) is 1. The van der Waals surface area contributed by atoms with Crippen molar-refractivity contribution in [2.24, 2.45) is 0 Å². The van der Waals surface area contributed by atoms with Gasteiger partial charge in [-0.2, -0.15) is 0 Å². The lowest BCUT2D eigenvalue weighted by Crippen LogP contribution is -1.92. The Morgan fingerprint density at radius 3 is 3.00 bits per heavy atom. The molecule has 3 N–H and O–H groups in total.